The van der Waals surface area contributed by atoms with Gasteiger partial charge in [0.25, 0.3) is 0 Å². The standard InChI is InChI=1S/C14H20F2N2O2S/c1-21(19)8-2-7-20-14-10-13(11(15)9-12(14)16)18-5-3-17-4-6-18/h9-10,17H,2-8H2,1H3. The fourth-order valence-corrected chi connectivity index (χ4v) is 2.75. The Balaban J connectivity index is 2.04. The van der Waals surface area contributed by atoms with Crippen molar-refractivity contribution >= 4 is 16.5 Å². The molecule has 0 spiro atoms. The molecule has 21 heavy (non-hydrogen) atoms. The van der Waals surface area contributed by atoms with Gasteiger partial charge in [-0.15, -0.1) is 0 Å². The zero-order valence-corrected chi connectivity index (χ0v) is 12.8. The molecule has 1 aromatic carbocycles. The molecule has 0 bridgehead atoms. The van der Waals surface area contributed by atoms with E-state index < -0.39 is 22.4 Å². The second-order valence-electron chi connectivity index (χ2n) is 4.95. The number of rotatable bonds is 6. The normalized spacial score (nSPS) is 16.8. The number of nitrogens with one attached hydrogen (secondary N) is 1. The monoisotopic (exact) mass is 318 g/mol. The highest BCUT2D eigenvalue weighted by Crippen LogP contribution is 2.28. The summed E-state index contributed by atoms with van der Waals surface area (Å²) < 4.78 is 43.9. The largest absolute Gasteiger partial charge is 0.490 e. The van der Waals surface area contributed by atoms with Crippen molar-refractivity contribution in [3.8, 4) is 5.75 Å². The fourth-order valence-electron chi connectivity index (χ4n) is 2.22. The lowest BCUT2D eigenvalue weighted by Gasteiger charge is -2.30. The second-order valence-corrected chi connectivity index (χ2v) is 6.51. The van der Waals surface area contributed by atoms with E-state index in [0.717, 1.165) is 19.2 Å². The molecule has 0 aliphatic carbocycles. The molecule has 1 unspecified atom stereocenters. The summed E-state index contributed by atoms with van der Waals surface area (Å²) in [6, 6.07) is 2.28. The lowest BCUT2D eigenvalue weighted by Crippen LogP contribution is -2.43. The number of halogens is 2. The predicted molar refractivity (Wildman–Crippen MR) is 80.5 cm³/mol. The minimum absolute atomic E-state index is 0.0480. The van der Waals surface area contributed by atoms with Gasteiger partial charge in [-0.25, -0.2) is 8.78 Å². The fraction of sp³-hybridized carbons (Fsp3) is 0.571. The van der Waals surface area contributed by atoms with Crippen molar-refractivity contribution in [3.63, 3.8) is 0 Å². The van der Waals surface area contributed by atoms with Crippen LogP contribution in [0.15, 0.2) is 12.1 Å². The molecule has 118 valence electrons. The maximum Gasteiger partial charge on any atom is 0.168 e. The van der Waals surface area contributed by atoms with Crippen LogP contribution in [0.5, 0.6) is 5.75 Å². The van der Waals surface area contributed by atoms with Crippen molar-refractivity contribution in [1.29, 1.82) is 0 Å². The van der Waals surface area contributed by atoms with Gasteiger partial charge in [0.15, 0.2) is 11.6 Å². The molecule has 1 atom stereocenters. The van der Waals surface area contributed by atoms with Crippen LogP contribution in [0.1, 0.15) is 6.42 Å². The molecule has 1 N–H and O–H groups in total. The van der Waals surface area contributed by atoms with E-state index >= 15 is 0 Å². The van der Waals surface area contributed by atoms with E-state index in [1.54, 1.807) is 6.26 Å². The molecule has 1 aliphatic heterocycles. The van der Waals surface area contributed by atoms with Crippen LogP contribution in [0.2, 0.25) is 0 Å². The van der Waals surface area contributed by atoms with Crippen LogP contribution in [0.4, 0.5) is 14.5 Å². The Hall–Kier alpha value is -1.21. The minimum atomic E-state index is -0.890. The Labute approximate surface area is 125 Å². The number of nitrogens with zero attached hydrogens (tertiary/aromatic N) is 1. The van der Waals surface area contributed by atoms with E-state index in [1.165, 1.54) is 6.07 Å². The average molecular weight is 318 g/mol. The van der Waals surface area contributed by atoms with Crippen LogP contribution in [-0.2, 0) is 10.8 Å². The van der Waals surface area contributed by atoms with Crippen LogP contribution in [0.25, 0.3) is 0 Å². The van der Waals surface area contributed by atoms with Gasteiger partial charge >= 0.3 is 0 Å². The van der Waals surface area contributed by atoms with Gasteiger partial charge in [-0.1, -0.05) is 0 Å². The Morgan fingerprint density at radius 2 is 2.00 bits per heavy atom. The summed E-state index contributed by atoms with van der Waals surface area (Å²) in [4.78, 5) is 1.87. The average Bonchev–Trinajstić information content (AvgIpc) is 2.46. The lowest BCUT2D eigenvalue weighted by atomic mass is 10.2. The van der Waals surface area contributed by atoms with Crippen molar-refractivity contribution < 1.29 is 17.7 Å². The Kier molecular flexibility index (Phi) is 5.93. The summed E-state index contributed by atoms with van der Waals surface area (Å²) in [7, 11) is -0.890. The van der Waals surface area contributed by atoms with Crippen molar-refractivity contribution in [3.05, 3.63) is 23.8 Å². The van der Waals surface area contributed by atoms with E-state index in [1.807, 2.05) is 4.90 Å². The molecule has 1 heterocycles. The molecule has 1 aromatic rings. The van der Waals surface area contributed by atoms with E-state index in [2.05, 4.69) is 5.32 Å². The first-order chi connectivity index (χ1) is 10.1. The van der Waals surface area contributed by atoms with Crippen LogP contribution >= 0.6 is 0 Å². The molecule has 1 aliphatic rings. The number of hydrogen-bond donors (Lipinski definition) is 1. The van der Waals surface area contributed by atoms with Gasteiger partial charge in [-0.05, 0) is 6.42 Å². The summed E-state index contributed by atoms with van der Waals surface area (Å²) in [6.07, 6.45) is 2.18. The SMILES string of the molecule is CS(=O)CCCOc1cc(N2CCNCC2)c(F)cc1F. The number of piperazine rings is 1. The Morgan fingerprint density at radius 3 is 2.67 bits per heavy atom. The smallest absolute Gasteiger partial charge is 0.168 e. The number of hydrogen-bond acceptors (Lipinski definition) is 4. The van der Waals surface area contributed by atoms with Gasteiger partial charge in [-0.3, -0.25) is 4.21 Å². The van der Waals surface area contributed by atoms with Crippen molar-refractivity contribution in [2.75, 3.05) is 49.7 Å². The van der Waals surface area contributed by atoms with E-state index in [-0.39, 0.29) is 12.4 Å². The van der Waals surface area contributed by atoms with E-state index in [9.17, 15) is 13.0 Å². The lowest BCUT2D eigenvalue weighted by molar-refractivity contribution is 0.301. The van der Waals surface area contributed by atoms with Gasteiger partial charge < -0.3 is 15.0 Å². The molecular weight excluding hydrogens is 298 g/mol. The predicted octanol–water partition coefficient (Wildman–Crippen LogP) is 1.52. The van der Waals surface area contributed by atoms with Crippen molar-refractivity contribution in [1.82, 2.24) is 5.32 Å². The van der Waals surface area contributed by atoms with Gasteiger partial charge in [0, 0.05) is 61.1 Å². The van der Waals surface area contributed by atoms with E-state index in [4.69, 9.17) is 4.74 Å². The quantitative estimate of drug-likeness (QED) is 0.808. The molecule has 0 radical (unpaired) electrons. The highest BCUT2D eigenvalue weighted by molar-refractivity contribution is 7.84. The molecule has 0 saturated carbocycles. The maximum absolute atomic E-state index is 13.9. The van der Waals surface area contributed by atoms with E-state index in [0.29, 0.717) is 31.0 Å². The van der Waals surface area contributed by atoms with Gasteiger partial charge in [0.05, 0.1) is 12.3 Å². The third-order valence-electron chi connectivity index (χ3n) is 3.29. The van der Waals surface area contributed by atoms with Crippen LogP contribution in [0.3, 0.4) is 0 Å². The van der Waals surface area contributed by atoms with Crippen LogP contribution < -0.4 is 15.0 Å². The first kappa shape index (κ1) is 16.2. The first-order valence-electron chi connectivity index (χ1n) is 6.95. The van der Waals surface area contributed by atoms with Gasteiger partial charge in [0.1, 0.15) is 5.82 Å². The molecule has 7 heteroatoms. The molecule has 4 nitrogen and oxygen atoms in total. The molecular formula is C14H20F2N2O2S. The molecule has 1 saturated heterocycles. The molecule has 1 fully saturated rings. The zero-order valence-electron chi connectivity index (χ0n) is 12.0. The van der Waals surface area contributed by atoms with Crippen LogP contribution in [-0.4, -0.2) is 49.0 Å². The number of ether oxygens (including phenoxy) is 1. The maximum atomic E-state index is 13.9. The van der Waals surface area contributed by atoms with Gasteiger partial charge in [0.2, 0.25) is 0 Å². The van der Waals surface area contributed by atoms with Crippen LogP contribution in [0, 0.1) is 11.6 Å². The third-order valence-corrected chi connectivity index (χ3v) is 4.16. The number of anilines is 1. The van der Waals surface area contributed by atoms with Crippen molar-refractivity contribution in [2.45, 2.75) is 6.42 Å². The molecule has 0 amide bonds. The summed E-state index contributed by atoms with van der Waals surface area (Å²) in [5.41, 5.74) is 0.368. The summed E-state index contributed by atoms with van der Waals surface area (Å²) >= 11 is 0. The summed E-state index contributed by atoms with van der Waals surface area (Å²) in [5, 5.41) is 3.18. The molecule has 0 aromatic heterocycles. The Bertz CT molecular complexity index is 508. The van der Waals surface area contributed by atoms with Crippen molar-refractivity contribution in [2.24, 2.45) is 0 Å². The Morgan fingerprint density at radius 1 is 1.29 bits per heavy atom. The van der Waals surface area contributed by atoms with Gasteiger partial charge in [-0.2, -0.15) is 0 Å². The third kappa shape index (κ3) is 4.64. The highest BCUT2D eigenvalue weighted by Gasteiger charge is 2.18. The number of benzene rings is 1. The second kappa shape index (κ2) is 7.70. The highest BCUT2D eigenvalue weighted by atomic mass is 32.2. The topological polar surface area (TPSA) is 41.6 Å². The zero-order chi connectivity index (χ0) is 15.2. The molecule has 2 rings (SSSR count). The first-order valence-corrected chi connectivity index (χ1v) is 8.68. The minimum Gasteiger partial charge on any atom is -0.490 e. The summed E-state index contributed by atoms with van der Waals surface area (Å²) in [6.45, 7) is 3.17. The summed E-state index contributed by atoms with van der Waals surface area (Å²) in [5.74, 6) is -0.722.